The van der Waals surface area contributed by atoms with Gasteiger partial charge in [0.05, 0.1) is 6.04 Å². The van der Waals surface area contributed by atoms with Gasteiger partial charge >= 0.3 is 0 Å². The van der Waals surface area contributed by atoms with Gasteiger partial charge < -0.3 is 10.2 Å². The van der Waals surface area contributed by atoms with E-state index in [0.717, 1.165) is 44.0 Å². The van der Waals surface area contributed by atoms with Gasteiger partial charge in [0.25, 0.3) is 0 Å². The van der Waals surface area contributed by atoms with Crippen molar-refractivity contribution in [1.82, 2.24) is 10.2 Å². The highest BCUT2D eigenvalue weighted by Crippen LogP contribution is 2.25. The van der Waals surface area contributed by atoms with Gasteiger partial charge in [-0.05, 0) is 44.4 Å². The van der Waals surface area contributed by atoms with Crippen molar-refractivity contribution in [1.29, 1.82) is 0 Å². The van der Waals surface area contributed by atoms with E-state index in [0.29, 0.717) is 6.04 Å². The molecule has 5 heteroatoms. The zero-order valence-electron chi connectivity index (χ0n) is 13.3. The van der Waals surface area contributed by atoms with Gasteiger partial charge in [0.1, 0.15) is 0 Å². The van der Waals surface area contributed by atoms with Crippen molar-refractivity contribution in [3.05, 3.63) is 28.8 Å². The van der Waals surface area contributed by atoms with Crippen LogP contribution in [0.2, 0.25) is 5.02 Å². The molecule has 0 spiro atoms. The summed E-state index contributed by atoms with van der Waals surface area (Å²) in [5.74, 6) is 0.176. The van der Waals surface area contributed by atoms with Crippen molar-refractivity contribution >= 4 is 23.2 Å². The molecular formula is C17H24ClN3O. The first-order valence-corrected chi connectivity index (χ1v) is 8.48. The first-order chi connectivity index (χ1) is 10.5. The van der Waals surface area contributed by atoms with Gasteiger partial charge in [-0.3, -0.25) is 9.69 Å². The van der Waals surface area contributed by atoms with Crippen molar-refractivity contribution in [3.63, 3.8) is 0 Å². The number of carbonyl (C=O) groups excluding carboxylic acids is 1. The Balaban J connectivity index is 1.57. The van der Waals surface area contributed by atoms with Crippen LogP contribution < -0.4 is 10.2 Å². The summed E-state index contributed by atoms with van der Waals surface area (Å²) in [5.41, 5.74) is 2.46. The molecule has 120 valence electrons. The molecule has 0 bridgehead atoms. The van der Waals surface area contributed by atoms with Crippen molar-refractivity contribution in [2.45, 2.75) is 38.8 Å². The first kappa shape index (κ1) is 15.6. The highest BCUT2D eigenvalue weighted by Gasteiger charge is 2.30. The Morgan fingerprint density at radius 1 is 1.27 bits per heavy atom. The van der Waals surface area contributed by atoms with Gasteiger partial charge in [-0.15, -0.1) is 0 Å². The number of halogens is 1. The molecule has 1 saturated carbocycles. The quantitative estimate of drug-likeness (QED) is 0.925. The maximum Gasteiger partial charge on any atom is 0.237 e. The monoisotopic (exact) mass is 321 g/mol. The maximum absolute atomic E-state index is 12.2. The summed E-state index contributed by atoms with van der Waals surface area (Å²) in [6.45, 7) is 7.81. The smallest absolute Gasteiger partial charge is 0.237 e. The average molecular weight is 322 g/mol. The topological polar surface area (TPSA) is 35.6 Å². The molecule has 0 aromatic heterocycles. The molecule has 2 aliphatic rings. The lowest BCUT2D eigenvalue weighted by Crippen LogP contribution is -2.54. The van der Waals surface area contributed by atoms with Gasteiger partial charge in [0.2, 0.25) is 5.91 Å². The second kappa shape index (κ2) is 6.47. The van der Waals surface area contributed by atoms with E-state index in [1.165, 1.54) is 11.3 Å². The Bertz CT molecular complexity index is 551. The van der Waals surface area contributed by atoms with Crippen LogP contribution in [0.5, 0.6) is 0 Å². The molecule has 1 atom stereocenters. The van der Waals surface area contributed by atoms with Crippen LogP contribution in [0.3, 0.4) is 0 Å². The van der Waals surface area contributed by atoms with E-state index in [9.17, 15) is 4.79 Å². The van der Waals surface area contributed by atoms with Crippen LogP contribution in [0.15, 0.2) is 18.2 Å². The van der Waals surface area contributed by atoms with Crippen LogP contribution in [-0.2, 0) is 4.79 Å². The number of rotatable bonds is 4. The number of carbonyl (C=O) groups is 1. The molecule has 4 nitrogen and oxygen atoms in total. The van der Waals surface area contributed by atoms with Crippen molar-refractivity contribution in [3.8, 4) is 0 Å². The fraction of sp³-hybridized carbons (Fsp3) is 0.588. The molecule has 0 unspecified atom stereocenters. The Morgan fingerprint density at radius 2 is 1.95 bits per heavy atom. The molecule has 1 N–H and O–H groups in total. The molecule has 0 radical (unpaired) electrons. The van der Waals surface area contributed by atoms with E-state index in [4.69, 9.17) is 11.6 Å². The number of anilines is 1. The Labute approximate surface area is 137 Å². The van der Waals surface area contributed by atoms with Crippen LogP contribution in [0.25, 0.3) is 0 Å². The molecule has 3 rings (SSSR count). The number of hydrogen-bond donors (Lipinski definition) is 1. The minimum absolute atomic E-state index is 0.0387. The first-order valence-electron chi connectivity index (χ1n) is 8.10. The number of nitrogens with zero attached hydrogens (tertiary/aromatic N) is 2. The predicted octanol–water partition coefficient (Wildman–Crippen LogP) is 2.44. The van der Waals surface area contributed by atoms with Crippen molar-refractivity contribution < 1.29 is 4.79 Å². The van der Waals surface area contributed by atoms with Crippen LogP contribution >= 0.6 is 11.6 Å². The second-order valence-electron chi connectivity index (χ2n) is 6.41. The number of benzene rings is 1. The van der Waals surface area contributed by atoms with Crippen LogP contribution in [0.4, 0.5) is 5.69 Å². The van der Waals surface area contributed by atoms with Gasteiger partial charge in [-0.1, -0.05) is 17.7 Å². The SMILES string of the molecule is Cc1ccc(Cl)cc1N1CCN([C@H](C)C(=O)NC2CC2)CC1. The fourth-order valence-corrected chi connectivity index (χ4v) is 3.15. The van der Waals surface area contributed by atoms with Gasteiger partial charge in [0, 0.05) is 42.9 Å². The molecule has 1 aliphatic heterocycles. The van der Waals surface area contributed by atoms with Crippen molar-refractivity contribution in [2.75, 3.05) is 31.1 Å². The Morgan fingerprint density at radius 3 is 2.59 bits per heavy atom. The van der Waals surface area contributed by atoms with E-state index in [-0.39, 0.29) is 11.9 Å². The molecule has 22 heavy (non-hydrogen) atoms. The molecule has 1 aromatic rings. The number of aryl methyl sites for hydroxylation is 1. The predicted molar refractivity (Wildman–Crippen MR) is 90.6 cm³/mol. The zero-order chi connectivity index (χ0) is 15.7. The lowest BCUT2D eigenvalue weighted by molar-refractivity contribution is -0.126. The molecule has 1 aromatic carbocycles. The van der Waals surface area contributed by atoms with E-state index < -0.39 is 0 Å². The second-order valence-corrected chi connectivity index (χ2v) is 6.85. The molecule has 1 heterocycles. The maximum atomic E-state index is 12.2. The largest absolute Gasteiger partial charge is 0.369 e. The third kappa shape index (κ3) is 3.55. The third-order valence-electron chi connectivity index (χ3n) is 4.68. The summed E-state index contributed by atoms with van der Waals surface area (Å²) in [7, 11) is 0. The van der Waals surface area contributed by atoms with Crippen LogP contribution in [0.1, 0.15) is 25.3 Å². The van der Waals surface area contributed by atoms with Gasteiger partial charge in [-0.25, -0.2) is 0 Å². The van der Waals surface area contributed by atoms with Crippen LogP contribution in [-0.4, -0.2) is 49.1 Å². The fourth-order valence-electron chi connectivity index (χ4n) is 2.99. The molecule has 1 amide bonds. The highest BCUT2D eigenvalue weighted by molar-refractivity contribution is 6.30. The van der Waals surface area contributed by atoms with E-state index in [1.807, 2.05) is 19.1 Å². The van der Waals surface area contributed by atoms with Gasteiger partial charge in [-0.2, -0.15) is 0 Å². The normalized spacial score (nSPS) is 20.8. The highest BCUT2D eigenvalue weighted by atomic mass is 35.5. The standard InChI is InChI=1S/C17H24ClN3O/c1-12-3-4-14(18)11-16(12)21-9-7-20(8-10-21)13(2)17(22)19-15-5-6-15/h3-4,11,13,15H,5-10H2,1-2H3,(H,19,22)/t13-/m1/s1. The molecular weight excluding hydrogens is 298 g/mol. The lowest BCUT2D eigenvalue weighted by atomic mass is 10.1. The minimum Gasteiger partial charge on any atom is -0.369 e. The summed E-state index contributed by atoms with van der Waals surface area (Å²) in [5, 5.41) is 3.88. The van der Waals surface area contributed by atoms with E-state index in [2.05, 4.69) is 28.1 Å². The third-order valence-corrected chi connectivity index (χ3v) is 4.91. The lowest BCUT2D eigenvalue weighted by Gasteiger charge is -2.39. The number of nitrogens with one attached hydrogen (secondary N) is 1. The number of amides is 1. The average Bonchev–Trinajstić information content (AvgIpc) is 3.33. The summed E-state index contributed by atoms with van der Waals surface area (Å²) < 4.78 is 0. The number of hydrogen-bond acceptors (Lipinski definition) is 3. The van der Waals surface area contributed by atoms with Gasteiger partial charge in [0.15, 0.2) is 0 Å². The Kier molecular flexibility index (Phi) is 4.59. The number of piperazine rings is 1. The van der Waals surface area contributed by atoms with Crippen molar-refractivity contribution in [2.24, 2.45) is 0 Å². The summed E-state index contributed by atoms with van der Waals surface area (Å²) in [6, 6.07) is 6.43. The summed E-state index contributed by atoms with van der Waals surface area (Å²) in [4.78, 5) is 16.8. The summed E-state index contributed by atoms with van der Waals surface area (Å²) >= 11 is 6.12. The van der Waals surface area contributed by atoms with E-state index >= 15 is 0 Å². The molecule has 1 aliphatic carbocycles. The zero-order valence-corrected chi connectivity index (χ0v) is 14.1. The van der Waals surface area contributed by atoms with E-state index in [1.54, 1.807) is 0 Å². The molecule has 1 saturated heterocycles. The minimum atomic E-state index is -0.0387. The Hall–Kier alpha value is -1.26. The summed E-state index contributed by atoms with van der Waals surface area (Å²) in [6.07, 6.45) is 2.28. The molecule has 2 fully saturated rings. The van der Waals surface area contributed by atoms with Crippen LogP contribution in [0, 0.1) is 6.92 Å².